The van der Waals surface area contributed by atoms with E-state index in [1.54, 1.807) is 30.3 Å². The van der Waals surface area contributed by atoms with Gasteiger partial charge >= 0.3 is 6.03 Å². The monoisotopic (exact) mass is 514 g/mol. The average molecular weight is 515 g/mol. The van der Waals surface area contributed by atoms with Crippen molar-refractivity contribution in [3.63, 3.8) is 0 Å². The van der Waals surface area contributed by atoms with E-state index in [0.717, 1.165) is 41.3 Å². The molecule has 9 nitrogen and oxygen atoms in total. The highest BCUT2D eigenvalue weighted by Gasteiger charge is 2.36. The molecule has 0 radical (unpaired) electrons. The number of methoxy groups -OCH3 is 1. The van der Waals surface area contributed by atoms with Crippen molar-refractivity contribution in [2.24, 2.45) is 0 Å². The van der Waals surface area contributed by atoms with Crippen LogP contribution in [-0.2, 0) is 6.54 Å². The van der Waals surface area contributed by atoms with E-state index in [0.29, 0.717) is 37.6 Å². The van der Waals surface area contributed by atoms with Gasteiger partial charge in [0.05, 0.1) is 18.7 Å². The number of hydrogen-bond acceptors (Lipinski definition) is 6. The van der Waals surface area contributed by atoms with E-state index in [1.807, 2.05) is 54.1 Å². The molecule has 0 N–H and O–H groups in total. The number of rotatable bonds is 6. The van der Waals surface area contributed by atoms with Crippen LogP contribution in [0.1, 0.15) is 34.0 Å². The van der Waals surface area contributed by atoms with Crippen LogP contribution in [0.4, 0.5) is 16.4 Å². The summed E-state index contributed by atoms with van der Waals surface area (Å²) < 4.78 is 5.22. The van der Waals surface area contributed by atoms with Crippen molar-refractivity contribution in [1.82, 2.24) is 19.8 Å². The number of pyridine rings is 2. The molecule has 0 saturated carbocycles. The molecule has 0 bridgehead atoms. The van der Waals surface area contributed by atoms with Crippen LogP contribution in [0, 0.1) is 13.8 Å². The van der Waals surface area contributed by atoms with Crippen LogP contribution in [0.5, 0.6) is 5.75 Å². The Morgan fingerprint density at radius 3 is 2.37 bits per heavy atom. The van der Waals surface area contributed by atoms with Crippen molar-refractivity contribution in [1.29, 1.82) is 0 Å². The summed E-state index contributed by atoms with van der Waals surface area (Å²) in [6.45, 7) is 9.96. The maximum atomic E-state index is 13.2. The van der Waals surface area contributed by atoms with E-state index in [4.69, 9.17) is 4.74 Å². The van der Waals surface area contributed by atoms with Gasteiger partial charge in [-0.2, -0.15) is 0 Å². The number of anilines is 2. The Kier molecular flexibility index (Phi) is 7.18. The molecule has 3 amide bonds. The number of amides is 3. The van der Waals surface area contributed by atoms with E-state index in [2.05, 4.69) is 27.9 Å². The van der Waals surface area contributed by atoms with Crippen molar-refractivity contribution in [2.75, 3.05) is 49.6 Å². The van der Waals surface area contributed by atoms with Crippen LogP contribution in [-0.4, -0.2) is 77.6 Å². The zero-order valence-electron chi connectivity index (χ0n) is 22.4. The number of aromatic nitrogens is 2. The van der Waals surface area contributed by atoms with Crippen LogP contribution >= 0.6 is 0 Å². The number of piperazine rings is 1. The Balaban J connectivity index is 1.20. The fourth-order valence-corrected chi connectivity index (χ4v) is 5.23. The van der Waals surface area contributed by atoms with Crippen molar-refractivity contribution in [2.45, 2.75) is 33.4 Å². The normalized spacial score (nSPS) is 17.8. The minimum Gasteiger partial charge on any atom is -0.497 e. The van der Waals surface area contributed by atoms with Crippen LogP contribution in [0.3, 0.4) is 0 Å². The lowest BCUT2D eigenvalue weighted by atomic mass is 10.2. The van der Waals surface area contributed by atoms with Crippen LogP contribution < -0.4 is 14.5 Å². The van der Waals surface area contributed by atoms with E-state index in [1.165, 1.54) is 0 Å². The maximum Gasteiger partial charge on any atom is 0.326 e. The van der Waals surface area contributed by atoms with Gasteiger partial charge in [-0.3, -0.25) is 9.69 Å². The number of carbonyl (C=O) groups excluding carboxylic acids is 2. The SMILES string of the molecule is COc1ccc(CN2CC(C)N(c3ccc(C(=O)N4CCN(c5ncc(C)cc5C)CC4)cn3)C2=O)cc1. The van der Waals surface area contributed by atoms with E-state index >= 15 is 0 Å². The molecule has 0 aliphatic carbocycles. The fraction of sp³-hybridized carbons (Fsp3) is 0.379. The van der Waals surface area contributed by atoms with Gasteiger partial charge in [-0.25, -0.2) is 14.8 Å². The molecular formula is C29H34N6O3. The van der Waals surface area contributed by atoms with Gasteiger partial charge in [0, 0.05) is 51.7 Å². The Bertz CT molecular complexity index is 1300. The first-order chi connectivity index (χ1) is 18.3. The Morgan fingerprint density at radius 1 is 1.00 bits per heavy atom. The Hall–Kier alpha value is -4.14. The number of carbonyl (C=O) groups is 2. The summed E-state index contributed by atoms with van der Waals surface area (Å²) in [5, 5.41) is 0. The van der Waals surface area contributed by atoms with Gasteiger partial charge in [-0.1, -0.05) is 18.2 Å². The predicted molar refractivity (Wildman–Crippen MR) is 147 cm³/mol. The van der Waals surface area contributed by atoms with Gasteiger partial charge in [-0.05, 0) is 61.7 Å². The summed E-state index contributed by atoms with van der Waals surface area (Å²) >= 11 is 0. The second-order valence-corrected chi connectivity index (χ2v) is 10.1. The summed E-state index contributed by atoms with van der Waals surface area (Å²) in [6, 6.07) is 13.3. The van der Waals surface area contributed by atoms with E-state index in [-0.39, 0.29) is 18.0 Å². The molecule has 1 unspecified atom stereocenters. The Labute approximate surface area is 223 Å². The topological polar surface area (TPSA) is 82.1 Å². The molecule has 1 aromatic carbocycles. The summed E-state index contributed by atoms with van der Waals surface area (Å²) in [6.07, 6.45) is 3.47. The van der Waals surface area contributed by atoms with Gasteiger partial charge < -0.3 is 19.4 Å². The molecule has 198 valence electrons. The lowest BCUT2D eigenvalue weighted by Crippen LogP contribution is -2.49. The number of ether oxygens (including phenoxy) is 1. The van der Waals surface area contributed by atoms with Crippen LogP contribution in [0.2, 0.25) is 0 Å². The molecule has 0 spiro atoms. The summed E-state index contributed by atoms with van der Waals surface area (Å²) in [5.41, 5.74) is 3.86. The second kappa shape index (κ2) is 10.7. The third kappa shape index (κ3) is 5.14. The molecule has 2 aliphatic heterocycles. The summed E-state index contributed by atoms with van der Waals surface area (Å²) in [7, 11) is 1.63. The summed E-state index contributed by atoms with van der Waals surface area (Å²) in [4.78, 5) is 43.1. The van der Waals surface area contributed by atoms with Gasteiger partial charge in [0.15, 0.2) is 0 Å². The highest BCUT2D eigenvalue weighted by molar-refractivity contribution is 5.96. The largest absolute Gasteiger partial charge is 0.497 e. The molecule has 9 heteroatoms. The molecule has 2 saturated heterocycles. The summed E-state index contributed by atoms with van der Waals surface area (Å²) in [5.74, 6) is 2.29. The molecule has 2 aliphatic rings. The minimum atomic E-state index is -0.0870. The number of hydrogen-bond donors (Lipinski definition) is 0. The lowest BCUT2D eigenvalue weighted by Gasteiger charge is -2.36. The van der Waals surface area contributed by atoms with E-state index in [9.17, 15) is 9.59 Å². The smallest absolute Gasteiger partial charge is 0.326 e. The lowest BCUT2D eigenvalue weighted by molar-refractivity contribution is 0.0746. The molecule has 3 aromatic rings. The zero-order valence-corrected chi connectivity index (χ0v) is 22.4. The molecule has 5 rings (SSSR count). The van der Waals surface area contributed by atoms with Crippen molar-refractivity contribution < 1.29 is 14.3 Å². The maximum absolute atomic E-state index is 13.2. The molecule has 2 fully saturated rings. The highest BCUT2D eigenvalue weighted by atomic mass is 16.5. The molecule has 1 atom stereocenters. The second-order valence-electron chi connectivity index (χ2n) is 10.1. The minimum absolute atomic E-state index is 0.0262. The van der Waals surface area contributed by atoms with Crippen LogP contribution in [0.15, 0.2) is 54.9 Å². The third-order valence-corrected chi connectivity index (χ3v) is 7.23. The van der Waals surface area contributed by atoms with Gasteiger partial charge in [-0.15, -0.1) is 0 Å². The third-order valence-electron chi connectivity index (χ3n) is 7.23. The van der Waals surface area contributed by atoms with E-state index < -0.39 is 0 Å². The predicted octanol–water partition coefficient (Wildman–Crippen LogP) is 3.90. The first-order valence-electron chi connectivity index (χ1n) is 13.0. The highest BCUT2D eigenvalue weighted by Crippen LogP contribution is 2.26. The number of urea groups is 1. The van der Waals surface area contributed by atoms with Crippen molar-refractivity contribution >= 4 is 23.6 Å². The zero-order chi connectivity index (χ0) is 26.8. The van der Waals surface area contributed by atoms with Gasteiger partial charge in [0.2, 0.25) is 0 Å². The molecule has 38 heavy (non-hydrogen) atoms. The van der Waals surface area contributed by atoms with Gasteiger partial charge in [0.25, 0.3) is 5.91 Å². The Morgan fingerprint density at radius 2 is 1.74 bits per heavy atom. The molecular weight excluding hydrogens is 480 g/mol. The number of aryl methyl sites for hydroxylation is 2. The number of benzene rings is 1. The van der Waals surface area contributed by atoms with Gasteiger partial charge in [0.1, 0.15) is 17.4 Å². The molecule has 4 heterocycles. The van der Waals surface area contributed by atoms with Crippen molar-refractivity contribution in [3.05, 3.63) is 77.1 Å². The average Bonchev–Trinajstić information content (AvgIpc) is 3.21. The van der Waals surface area contributed by atoms with Crippen LogP contribution in [0.25, 0.3) is 0 Å². The molecule has 2 aromatic heterocycles. The van der Waals surface area contributed by atoms with Crippen molar-refractivity contribution in [3.8, 4) is 5.75 Å². The fourth-order valence-electron chi connectivity index (χ4n) is 5.23. The standard InChI is InChI=1S/C29H34N6O3/c1-20-15-21(2)27(31-16-20)32-11-13-33(14-12-32)28(36)24-7-10-26(30-17-24)35-22(3)18-34(29(35)37)19-23-5-8-25(38-4)9-6-23/h5-10,15-17,22H,11-14,18-19H2,1-4H3. The first kappa shape index (κ1) is 25.5. The number of nitrogens with zero attached hydrogens (tertiary/aromatic N) is 6. The first-order valence-corrected chi connectivity index (χ1v) is 13.0. The quantitative estimate of drug-likeness (QED) is 0.496.